The SMILES string of the molecule is CCc1c(C)sc2nc(S[C@H](C)C(=O)NC(=O)NC)n(-c3cccc(C)c3)c(=O)c12. The van der Waals surface area contributed by atoms with Gasteiger partial charge in [0.1, 0.15) is 4.83 Å². The molecule has 0 aliphatic carbocycles. The first-order chi connectivity index (χ1) is 14.3. The number of thiophene rings is 1. The molecular weight excluding hydrogens is 420 g/mol. The monoisotopic (exact) mass is 444 g/mol. The highest BCUT2D eigenvalue weighted by molar-refractivity contribution is 8.00. The van der Waals surface area contributed by atoms with Gasteiger partial charge in [0.25, 0.3) is 5.56 Å². The summed E-state index contributed by atoms with van der Waals surface area (Å²) in [5.74, 6) is -0.457. The van der Waals surface area contributed by atoms with Crippen molar-refractivity contribution >= 4 is 45.3 Å². The van der Waals surface area contributed by atoms with Gasteiger partial charge in [-0.3, -0.25) is 19.5 Å². The molecule has 0 aliphatic heterocycles. The van der Waals surface area contributed by atoms with Crippen molar-refractivity contribution in [1.29, 1.82) is 0 Å². The number of nitrogens with one attached hydrogen (secondary N) is 2. The summed E-state index contributed by atoms with van der Waals surface area (Å²) in [6.45, 7) is 7.66. The fraction of sp³-hybridized carbons (Fsp3) is 0.333. The summed E-state index contributed by atoms with van der Waals surface area (Å²) in [5.41, 5.74) is 2.57. The van der Waals surface area contributed by atoms with Crippen LogP contribution in [0.5, 0.6) is 0 Å². The molecule has 3 amide bonds. The van der Waals surface area contributed by atoms with Crippen LogP contribution in [0.1, 0.15) is 29.9 Å². The van der Waals surface area contributed by atoms with E-state index in [0.29, 0.717) is 21.1 Å². The number of fused-ring (bicyclic) bond motifs is 1. The quantitative estimate of drug-likeness (QED) is 0.464. The summed E-state index contributed by atoms with van der Waals surface area (Å²) in [7, 11) is 1.44. The molecule has 0 fully saturated rings. The molecule has 3 rings (SSSR count). The summed E-state index contributed by atoms with van der Waals surface area (Å²) in [6, 6.07) is 7.04. The Labute approximate surface area is 182 Å². The van der Waals surface area contributed by atoms with E-state index in [1.54, 1.807) is 11.5 Å². The van der Waals surface area contributed by atoms with E-state index in [2.05, 4.69) is 10.6 Å². The predicted molar refractivity (Wildman–Crippen MR) is 122 cm³/mol. The van der Waals surface area contributed by atoms with Crippen LogP contribution in [0.4, 0.5) is 4.79 Å². The Morgan fingerprint density at radius 2 is 2.03 bits per heavy atom. The molecule has 2 heterocycles. The lowest BCUT2D eigenvalue weighted by atomic mass is 10.1. The van der Waals surface area contributed by atoms with Crippen molar-refractivity contribution < 1.29 is 9.59 Å². The van der Waals surface area contributed by atoms with E-state index in [1.807, 2.05) is 45.0 Å². The Kier molecular flexibility index (Phi) is 6.62. The fourth-order valence-corrected chi connectivity index (χ4v) is 5.27. The number of urea groups is 1. The van der Waals surface area contributed by atoms with Crippen LogP contribution in [-0.4, -0.2) is 33.8 Å². The largest absolute Gasteiger partial charge is 0.341 e. The maximum Gasteiger partial charge on any atom is 0.321 e. The molecule has 0 radical (unpaired) electrons. The van der Waals surface area contributed by atoms with Gasteiger partial charge >= 0.3 is 6.03 Å². The third-order valence-electron chi connectivity index (χ3n) is 4.72. The number of carbonyl (C=O) groups excluding carboxylic acids is 2. The number of thioether (sulfide) groups is 1. The minimum absolute atomic E-state index is 0.145. The lowest BCUT2D eigenvalue weighted by Gasteiger charge is -2.16. The first-order valence-electron chi connectivity index (χ1n) is 9.58. The Hall–Kier alpha value is -2.65. The highest BCUT2D eigenvalue weighted by Gasteiger charge is 2.23. The molecule has 7 nitrogen and oxygen atoms in total. The van der Waals surface area contributed by atoms with Crippen LogP contribution in [-0.2, 0) is 11.2 Å². The molecular formula is C21H24N4O3S2. The second kappa shape index (κ2) is 9.01. The average Bonchev–Trinajstić information content (AvgIpc) is 3.03. The Bertz CT molecular complexity index is 1180. The molecule has 30 heavy (non-hydrogen) atoms. The van der Waals surface area contributed by atoms with Crippen LogP contribution >= 0.6 is 23.1 Å². The standard InChI is InChI=1S/C21H24N4O3S2/c1-6-15-12(3)29-18-16(15)19(27)25(14-9-7-8-11(2)10-14)21(24-18)30-13(4)17(26)23-20(28)22-5/h7-10,13H,6H2,1-5H3,(H2,22,23,26,28)/t13-/m1/s1. The molecule has 1 atom stereocenters. The van der Waals surface area contributed by atoms with E-state index in [4.69, 9.17) is 4.98 Å². The Morgan fingerprint density at radius 3 is 2.67 bits per heavy atom. The topological polar surface area (TPSA) is 93.1 Å². The van der Waals surface area contributed by atoms with Gasteiger partial charge in [0, 0.05) is 11.9 Å². The molecule has 9 heteroatoms. The van der Waals surface area contributed by atoms with Crippen molar-refractivity contribution in [2.24, 2.45) is 0 Å². The van der Waals surface area contributed by atoms with Crippen molar-refractivity contribution in [3.05, 3.63) is 50.6 Å². The number of benzene rings is 1. The van der Waals surface area contributed by atoms with E-state index in [-0.39, 0.29) is 5.56 Å². The van der Waals surface area contributed by atoms with Crippen molar-refractivity contribution in [2.45, 2.75) is 44.5 Å². The minimum Gasteiger partial charge on any atom is -0.341 e. The Balaban J connectivity index is 2.17. The zero-order valence-corrected chi connectivity index (χ0v) is 19.2. The van der Waals surface area contributed by atoms with Gasteiger partial charge in [-0.2, -0.15) is 0 Å². The maximum atomic E-state index is 13.6. The smallest absolute Gasteiger partial charge is 0.321 e. The van der Waals surface area contributed by atoms with Gasteiger partial charge in [-0.15, -0.1) is 11.3 Å². The van der Waals surface area contributed by atoms with E-state index in [9.17, 15) is 14.4 Å². The van der Waals surface area contributed by atoms with Gasteiger partial charge < -0.3 is 5.32 Å². The number of nitrogens with zero attached hydrogens (tertiary/aromatic N) is 2. The van der Waals surface area contributed by atoms with Gasteiger partial charge in [0.2, 0.25) is 5.91 Å². The highest BCUT2D eigenvalue weighted by atomic mass is 32.2. The van der Waals surface area contributed by atoms with Crippen LogP contribution < -0.4 is 16.2 Å². The number of aromatic nitrogens is 2. The second-order valence-corrected chi connectivity index (χ2v) is 9.38. The number of imide groups is 1. The van der Waals surface area contributed by atoms with E-state index < -0.39 is 17.2 Å². The third-order valence-corrected chi connectivity index (χ3v) is 6.82. The zero-order chi connectivity index (χ0) is 22.0. The van der Waals surface area contributed by atoms with E-state index in [1.165, 1.54) is 18.4 Å². The van der Waals surface area contributed by atoms with Crippen molar-refractivity contribution in [3.8, 4) is 5.69 Å². The van der Waals surface area contributed by atoms with Gasteiger partial charge in [-0.1, -0.05) is 30.8 Å². The number of hydrogen-bond acceptors (Lipinski definition) is 6. The lowest BCUT2D eigenvalue weighted by molar-refractivity contribution is -0.119. The summed E-state index contributed by atoms with van der Waals surface area (Å²) >= 11 is 2.64. The third kappa shape index (κ3) is 4.27. The summed E-state index contributed by atoms with van der Waals surface area (Å²) < 4.78 is 1.56. The van der Waals surface area contributed by atoms with Gasteiger partial charge in [-0.05, 0) is 50.5 Å². The fourth-order valence-electron chi connectivity index (χ4n) is 3.18. The molecule has 0 saturated carbocycles. The summed E-state index contributed by atoms with van der Waals surface area (Å²) in [4.78, 5) is 43.9. The van der Waals surface area contributed by atoms with Crippen molar-refractivity contribution in [1.82, 2.24) is 20.2 Å². The van der Waals surface area contributed by atoms with Gasteiger partial charge in [0.05, 0.1) is 16.3 Å². The van der Waals surface area contributed by atoms with Crippen LogP contribution in [0.15, 0.2) is 34.2 Å². The summed E-state index contributed by atoms with van der Waals surface area (Å²) in [6.07, 6.45) is 0.744. The zero-order valence-electron chi connectivity index (χ0n) is 17.5. The van der Waals surface area contributed by atoms with Crippen LogP contribution in [0.25, 0.3) is 15.9 Å². The average molecular weight is 445 g/mol. The normalized spacial score (nSPS) is 12.0. The molecule has 2 N–H and O–H groups in total. The summed E-state index contributed by atoms with van der Waals surface area (Å²) in [5, 5.41) is 5.05. The molecule has 158 valence electrons. The van der Waals surface area contributed by atoms with Gasteiger partial charge in [0.15, 0.2) is 5.16 Å². The minimum atomic E-state index is -0.630. The second-order valence-electron chi connectivity index (χ2n) is 6.87. The van der Waals surface area contributed by atoms with Gasteiger partial charge in [-0.25, -0.2) is 9.78 Å². The van der Waals surface area contributed by atoms with Crippen LogP contribution in [0.2, 0.25) is 0 Å². The molecule has 0 unspecified atom stereocenters. The molecule has 0 saturated heterocycles. The first kappa shape index (κ1) is 22.0. The number of amides is 3. The van der Waals surface area contributed by atoms with Crippen LogP contribution in [0, 0.1) is 13.8 Å². The Morgan fingerprint density at radius 1 is 1.30 bits per heavy atom. The molecule has 0 aliphatic rings. The van der Waals surface area contributed by atoms with Crippen molar-refractivity contribution in [3.63, 3.8) is 0 Å². The van der Waals surface area contributed by atoms with Crippen molar-refractivity contribution in [2.75, 3.05) is 7.05 Å². The number of carbonyl (C=O) groups is 2. The molecule has 2 aromatic heterocycles. The lowest BCUT2D eigenvalue weighted by Crippen LogP contribution is -2.41. The first-order valence-corrected chi connectivity index (χ1v) is 11.3. The molecule has 1 aromatic carbocycles. The highest BCUT2D eigenvalue weighted by Crippen LogP contribution is 2.31. The number of aryl methyl sites for hydroxylation is 3. The molecule has 0 bridgehead atoms. The van der Waals surface area contributed by atoms with E-state index >= 15 is 0 Å². The molecule has 3 aromatic rings. The van der Waals surface area contributed by atoms with E-state index in [0.717, 1.165) is 34.2 Å². The predicted octanol–water partition coefficient (Wildman–Crippen LogP) is 3.56. The number of hydrogen-bond donors (Lipinski definition) is 2. The molecule has 0 spiro atoms. The number of rotatable bonds is 5. The maximum absolute atomic E-state index is 13.6. The van der Waals surface area contributed by atoms with Crippen LogP contribution in [0.3, 0.4) is 0 Å².